The van der Waals surface area contributed by atoms with Gasteiger partial charge in [-0.2, -0.15) is 5.10 Å². The first-order valence-electron chi connectivity index (χ1n) is 12.0. The maximum atomic E-state index is 12.5. The molecule has 0 bridgehead atoms. The predicted molar refractivity (Wildman–Crippen MR) is 127 cm³/mol. The molecule has 1 saturated heterocycles. The molecule has 1 N–H and O–H groups in total. The summed E-state index contributed by atoms with van der Waals surface area (Å²) in [5.74, 6) is 2.29. The Morgan fingerprint density at radius 1 is 1.12 bits per heavy atom. The number of fused-ring (bicyclic) bond motifs is 1. The highest BCUT2D eigenvalue weighted by Crippen LogP contribution is 2.40. The van der Waals surface area contributed by atoms with Gasteiger partial charge in [0.25, 0.3) is 11.4 Å². The second kappa shape index (κ2) is 8.88. The van der Waals surface area contributed by atoms with Crippen LogP contribution in [0.15, 0.2) is 35.1 Å². The van der Waals surface area contributed by atoms with Crippen LogP contribution in [-0.2, 0) is 13.1 Å². The van der Waals surface area contributed by atoms with Crippen LogP contribution in [0, 0.1) is 0 Å². The molecule has 0 spiro atoms. The zero-order valence-electron chi connectivity index (χ0n) is 19.3. The van der Waals surface area contributed by atoms with E-state index in [1.807, 2.05) is 28.8 Å². The molecule has 2 aromatic heterocycles. The normalized spacial score (nSPS) is 20.1. The lowest BCUT2D eigenvalue weighted by atomic mass is 9.96. The topological polar surface area (TPSA) is 90.7 Å². The molecule has 1 aromatic carbocycles. The second-order valence-electron chi connectivity index (χ2n) is 9.26. The van der Waals surface area contributed by atoms with Crippen molar-refractivity contribution in [2.45, 2.75) is 37.9 Å². The third kappa shape index (κ3) is 3.88. The smallest absolute Gasteiger partial charge is 0.276 e. The first-order chi connectivity index (χ1) is 16.7. The van der Waals surface area contributed by atoms with E-state index in [2.05, 4.69) is 20.4 Å². The van der Waals surface area contributed by atoms with E-state index >= 15 is 0 Å². The zero-order chi connectivity index (χ0) is 23.1. The van der Waals surface area contributed by atoms with Crippen LogP contribution >= 0.6 is 0 Å². The predicted octanol–water partition coefficient (Wildman–Crippen LogP) is 1.92. The van der Waals surface area contributed by atoms with Crippen molar-refractivity contribution >= 4 is 10.9 Å². The number of nitrogens with one attached hydrogen (secondary N) is 1. The number of hydrogen-bond acceptors (Lipinski definition) is 8. The number of hydrogen-bond donors (Lipinski definition) is 1. The summed E-state index contributed by atoms with van der Waals surface area (Å²) in [5, 5.41) is 13.1. The lowest BCUT2D eigenvalue weighted by molar-refractivity contribution is 0.161. The van der Waals surface area contributed by atoms with Crippen molar-refractivity contribution in [1.82, 2.24) is 25.0 Å². The molecular weight excluding hydrogens is 434 g/mol. The van der Waals surface area contributed by atoms with E-state index in [1.165, 1.54) is 5.56 Å². The third-order valence-electron chi connectivity index (χ3n) is 7.18. The highest BCUT2D eigenvalue weighted by Gasteiger charge is 2.31. The van der Waals surface area contributed by atoms with Gasteiger partial charge in [-0.3, -0.25) is 4.79 Å². The molecule has 3 aromatic rings. The van der Waals surface area contributed by atoms with Gasteiger partial charge in [0, 0.05) is 49.3 Å². The van der Waals surface area contributed by atoms with E-state index in [1.54, 1.807) is 13.2 Å². The van der Waals surface area contributed by atoms with Crippen molar-refractivity contribution in [3.63, 3.8) is 0 Å². The van der Waals surface area contributed by atoms with E-state index < -0.39 is 0 Å². The molecule has 178 valence electrons. The van der Waals surface area contributed by atoms with Crippen LogP contribution < -0.4 is 25.1 Å². The summed E-state index contributed by atoms with van der Waals surface area (Å²) in [6.07, 6.45) is 2.14. The lowest BCUT2D eigenvalue weighted by Crippen LogP contribution is -2.43. The second-order valence-corrected chi connectivity index (χ2v) is 9.26. The summed E-state index contributed by atoms with van der Waals surface area (Å²) in [5.41, 5.74) is 3.14. The van der Waals surface area contributed by atoms with Gasteiger partial charge in [-0.1, -0.05) is 0 Å². The highest BCUT2D eigenvalue weighted by molar-refractivity contribution is 5.86. The van der Waals surface area contributed by atoms with Gasteiger partial charge in [0.05, 0.1) is 18.3 Å². The van der Waals surface area contributed by atoms with Crippen LogP contribution in [0.25, 0.3) is 10.9 Å². The van der Waals surface area contributed by atoms with E-state index in [0.29, 0.717) is 44.0 Å². The number of pyridine rings is 1. The van der Waals surface area contributed by atoms with Crippen molar-refractivity contribution < 1.29 is 14.2 Å². The fourth-order valence-corrected chi connectivity index (χ4v) is 5.48. The molecule has 9 heteroatoms. The first kappa shape index (κ1) is 21.4. The summed E-state index contributed by atoms with van der Waals surface area (Å²) >= 11 is 0. The summed E-state index contributed by atoms with van der Waals surface area (Å²) in [6, 6.07) is 10.0. The number of aromatic nitrogens is 3. The molecule has 3 aliphatic heterocycles. The average molecular weight is 464 g/mol. The van der Waals surface area contributed by atoms with Crippen molar-refractivity contribution in [1.29, 1.82) is 0 Å². The summed E-state index contributed by atoms with van der Waals surface area (Å²) in [4.78, 5) is 15.0. The van der Waals surface area contributed by atoms with Crippen LogP contribution in [0.1, 0.15) is 30.0 Å². The number of piperidine rings is 1. The standard InChI is InChI=1S/C25H29N5O4/c1-32-20-4-2-16-3-5-22(31)30-15-17(23(20)24(16)30)14-29-8-6-18(7-9-29)26-13-19-12-21-25(28-27-19)34-11-10-33-21/h2-5,12,17-18,26H,6-11,13-15H2,1H3/t17-/m1/s1. The monoisotopic (exact) mass is 463 g/mol. The van der Waals surface area contributed by atoms with Gasteiger partial charge in [0.1, 0.15) is 19.0 Å². The maximum Gasteiger partial charge on any atom is 0.276 e. The third-order valence-corrected chi connectivity index (χ3v) is 7.18. The van der Waals surface area contributed by atoms with Crippen molar-refractivity contribution in [3.8, 4) is 17.4 Å². The Bertz CT molecular complexity index is 1270. The van der Waals surface area contributed by atoms with Gasteiger partial charge >= 0.3 is 0 Å². The van der Waals surface area contributed by atoms with Gasteiger partial charge in [0.2, 0.25) is 0 Å². The van der Waals surface area contributed by atoms with Crippen LogP contribution in [-0.4, -0.2) is 65.7 Å². The molecular formula is C25H29N5O4. The molecule has 6 rings (SSSR count). The molecule has 9 nitrogen and oxygen atoms in total. The first-order valence-corrected chi connectivity index (χ1v) is 12.0. The fraction of sp³-hybridized carbons (Fsp3) is 0.480. The van der Waals surface area contributed by atoms with E-state index in [4.69, 9.17) is 14.2 Å². The number of ether oxygens (including phenoxy) is 3. The summed E-state index contributed by atoms with van der Waals surface area (Å²) < 4.78 is 18.7. The Kier molecular flexibility index (Phi) is 5.58. The Morgan fingerprint density at radius 2 is 1.94 bits per heavy atom. The molecule has 1 fully saturated rings. The minimum Gasteiger partial charge on any atom is -0.496 e. The number of benzene rings is 1. The number of rotatable bonds is 6. The van der Waals surface area contributed by atoms with Crippen LogP contribution in [0.4, 0.5) is 0 Å². The molecule has 0 aliphatic carbocycles. The molecule has 0 unspecified atom stereocenters. The fourth-order valence-electron chi connectivity index (χ4n) is 5.48. The van der Waals surface area contributed by atoms with Gasteiger partial charge < -0.3 is 29.0 Å². The molecule has 0 radical (unpaired) electrons. The molecule has 5 heterocycles. The van der Waals surface area contributed by atoms with Gasteiger partial charge in [-0.25, -0.2) is 0 Å². The Hall–Kier alpha value is -3.17. The van der Waals surface area contributed by atoms with Crippen LogP contribution in [0.2, 0.25) is 0 Å². The van der Waals surface area contributed by atoms with Crippen LogP contribution in [0.5, 0.6) is 17.4 Å². The van der Waals surface area contributed by atoms with Crippen molar-refractivity contribution in [3.05, 3.63) is 51.9 Å². The van der Waals surface area contributed by atoms with Gasteiger partial charge in [0.15, 0.2) is 5.75 Å². The van der Waals surface area contributed by atoms with Crippen molar-refractivity contribution in [2.75, 3.05) is 40.0 Å². The molecule has 3 aliphatic rings. The molecule has 34 heavy (non-hydrogen) atoms. The SMILES string of the molecule is COc1ccc2ccc(=O)n3c2c1[C@H](CN1CCC(NCc2cc4c(nn2)OCCO4)CC1)C3. The number of likely N-dealkylation sites (tertiary alicyclic amines) is 1. The quantitative estimate of drug-likeness (QED) is 0.593. The summed E-state index contributed by atoms with van der Waals surface area (Å²) in [7, 11) is 1.71. The summed E-state index contributed by atoms with van der Waals surface area (Å²) in [6.45, 7) is 5.40. The molecule has 1 atom stereocenters. The molecule has 0 amide bonds. The van der Waals surface area contributed by atoms with Crippen molar-refractivity contribution in [2.24, 2.45) is 0 Å². The van der Waals surface area contributed by atoms with E-state index in [9.17, 15) is 4.79 Å². The zero-order valence-corrected chi connectivity index (χ0v) is 19.3. The lowest BCUT2D eigenvalue weighted by Gasteiger charge is -2.34. The van der Waals surface area contributed by atoms with E-state index in [0.717, 1.165) is 54.8 Å². The Morgan fingerprint density at radius 3 is 2.79 bits per heavy atom. The molecule has 0 saturated carbocycles. The van der Waals surface area contributed by atoms with Gasteiger partial charge in [-0.15, -0.1) is 5.10 Å². The Balaban J connectivity index is 1.07. The largest absolute Gasteiger partial charge is 0.496 e. The number of methoxy groups -OCH3 is 1. The van der Waals surface area contributed by atoms with E-state index in [-0.39, 0.29) is 11.5 Å². The van der Waals surface area contributed by atoms with Gasteiger partial charge in [-0.05, 0) is 49.5 Å². The number of nitrogens with zero attached hydrogens (tertiary/aromatic N) is 4. The minimum absolute atomic E-state index is 0.0645. The highest BCUT2D eigenvalue weighted by atomic mass is 16.6. The Labute approximate surface area is 197 Å². The average Bonchev–Trinajstić information content (AvgIpc) is 3.26. The minimum atomic E-state index is 0.0645. The van der Waals surface area contributed by atoms with Crippen LogP contribution in [0.3, 0.4) is 0 Å². The maximum absolute atomic E-state index is 12.5.